The molecule has 0 spiro atoms. The van der Waals surface area contributed by atoms with Crippen molar-refractivity contribution < 1.29 is 5.11 Å². The second-order valence-corrected chi connectivity index (χ2v) is 7.81. The highest BCUT2D eigenvalue weighted by atomic mass is 16.3. The van der Waals surface area contributed by atoms with Gasteiger partial charge in [-0.05, 0) is 43.9 Å². The fourth-order valence-corrected chi connectivity index (χ4v) is 4.25. The Hall–Kier alpha value is -0.0800. The minimum absolute atomic E-state index is 0.196. The van der Waals surface area contributed by atoms with Crippen molar-refractivity contribution in [2.75, 3.05) is 13.2 Å². The molecule has 2 aliphatic rings. The topological polar surface area (TPSA) is 32.3 Å². The van der Waals surface area contributed by atoms with E-state index in [2.05, 4.69) is 19.2 Å². The van der Waals surface area contributed by atoms with Crippen molar-refractivity contribution in [3.63, 3.8) is 0 Å². The van der Waals surface area contributed by atoms with Crippen LogP contribution in [0.3, 0.4) is 0 Å². The van der Waals surface area contributed by atoms with Gasteiger partial charge >= 0.3 is 0 Å². The number of aliphatic hydroxyl groups is 1. The third kappa shape index (κ3) is 4.46. The van der Waals surface area contributed by atoms with Crippen molar-refractivity contribution in [3.05, 3.63) is 0 Å². The van der Waals surface area contributed by atoms with Gasteiger partial charge in [-0.2, -0.15) is 0 Å². The maximum Gasteiger partial charge on any atom is 0.0499 e. The average molecular weight is 281 g/mol. The van der Waals surface area contributed by atoms with Gasteiger partial charge in [0.05, 0.1) is 0 Å². The number of aliphatic hydroxyl groups excluding tert-OH is 1. The molecule has 0 aromatic rings. The molecule has 0 aliphatic heterocycles. The lowest BCUT2D eigenvalue weighted by molar-refractivity contribution is 0.0776. The lowest BCUT2D eigenvalue weighted by Crippen LogP contribution is -2.43. The van der Waals surface area contributed by atoms with Crippen LogP contribution in [0, 0.1) is 17.3 Å². The summed E-state index contributed by atoms with van der Waals surface area (Å²) in [6.45, 7) is 6.17. The van der Waals surface area contributed by atoms with Crippen molar-refractivity contribution in [2.45, 2.75) is 84.1 Å². The zero-order chi connectivity index (χ0) is 14.4. The Morgan fingerprint density at radius 1 is 1.00 bits per heavy atom. The van der Waals surface area contributed by atoms with Gasteiger partial charge in [-0.15, -0.1) is 0 Å². The van der Waals surface area contributed by atoms with E-state index in [-0.39, 0.29) is 5.41 Å². The molecule has 0 amide bonds. The summed E-state index contributed by atoms with van der Waals surface area (Å²) >= 11 is 0. The molecule has 0 bridgehead atoms. The standard InChI is InChI=1S/C18H35NO/c1-15(2)16-7-6-8-17(10-9-16)19-13-18(14-20)11-4-3-5-12-18/h15-17,19-20H,3-14H2,1-2H3. The Labute approximate surface area is 125 Å². The minimum atomic E-state index is 0.196. The second-order valence-electron chi connectivity index (χ2n) is 7.81. The van der Waals surface area contributed by atoms with E-state index < -0.39 is 0 Å². The molecule has 2 N–H and O–H groups in total. The summed E-state index contributed by atoms with van der Waals surface area (Å²) in [6, 6.07) is 0.698. The monoisotopic (exact) mass is 281 g/mol. The van der Waals surface area contributed by atoms with Gasteiger partial charge < -0.3 is 10.4 Å². The van der Waals surface area contributed by atoms with Crippen molar-refractivity contribution in [3.8, 4) is 0 Å². The molecular weight excluding hydrogens is 246 g/mol. The SMILES string of the molecule is CC(C)C1CCCC(NCC2(CO)CCCCC2)CC1. The van der Waals surface area contributed by atoms with Crippen LogP contribution >= 0.6 is 0 Å². The molecule has 2 rings (SSSR count). The van der Waals surface area contributed by atoms with Gasteiger partial charge in [0.15, 0.2) is 0 Å². The van der Waals surface area contributed by atoms with Crippen LogP contribution < -0.4 is 5.32 Å². The molecule has 2 unspecified atom stereocenters. The van der Waals surface area contributed by atoms with Crippen LogP contribution in [0.1, 0.15) is 78.1 Å². The first-order valence-electron chi connectivity index (χ1n) is 8.99. The molecule has 2 nitrogen and oxygen atoms in total. The average Bonchev–Trinajstić information content (AvgIpc) is 2.72. The highest BCUT2D eigenvalue weighted by Crippen LogP contribution is 2.36. The molecular formula is C18H35NO. The van der Waals surface area contributed by atoms with Crippen LogP contribution in [-0.4, -0.2) is 24.3 Å². The van der Waals surface area contributed by atoms with E-state index in [1.807, 2.05) is 0 Å². The van der Waals surface area contributed by atoms with Crippen LogP contribution in [0.4, 0.5) is 0 Å². The molecule has 0 aromatic heterocycles. The summed E-state index contributed by atoms with van der Waals surface area (Å²) in [5.74, 6) is 1.78. The first-order chi connectivity index (χ1) is 9.65. The first-order valence-corrected chi connectivity index (χ1v) is 8.99. The predicted molar refractivity (Wildman–Crippen MR) is 85.8 cm³/mol. The van der Waals surface area contributed by atoms with Crippen molar-refractivity contribution in [1.82, 2.24) is 5.32 Å². The molecule has 2 fully saturated rings. The predicted octanol–water partition coefficient (Wildman–Crippen LogP) is 4.12. The van der Waals surface area contributed by atoms with E-state index in [0.717, 1.165) is 18.4 Å². The third-order valence-corrected chi connectivity index (χ3v) is 5.97. The zero-order valence-corrected chi connectivity index (χ0v) is 13.7. The van der Waals surface area contributed by atoms with E-state index in [0.29, 0.717) is 12.6 Å². The Morgan fingerprint density at radius 2 is 1.75 bits per heavy atom. The summed E-state index contributed by atoms with van der Waals surface area (Å²) in [6.07, 6.45) is 13.3. The molecule has 2 atom stereocenters. The van der Waals surface area contributed by atoms with Gasteiger partial charge in [0.2, 0.25) is 0 Å². The van der Waals surface area contributed by atoms with Crippen LogP contribution in [0.5, 0.6) is 0 Å². The highest BCUT2D eigenvalue weighted by Gasteiger charge is 2.32. The molecule has 118 valence electrons. The summed E-state index contributed by atoms with van der Waals surface area (Å²) in [4.78, 5) is 0. The first kappa shape index (κ1) is 16.3. The van der Waals surface area contributed by atoms with E-state index in [1.54, 1.807) is 0 Å². The molecule has 20 heavy (non-hydrogen) atoms. The highest BCUT2D eigenvalue weighted by molar-refractivity contribution is 4.86. The van der Waals surface area contributed by atoms with Crippen molar-refractivity contribution in [2.24, 2.45) is 17.3 Å². The van der Waals surface area contributed by atoms with E-state index in [9.17, 15) is 5.11 Å². The second kappa shape index (κ2) is 7.79. The van der Waals surface area contributed by atoms with E-state index >= 15 is 0 Å². The van der Waals surface area contributed by atoms with Crippen LogP contribution in [0.15, 0.2) is 0 Å². The smallest absolute Gasteiger partial charge is 0.0499 e. The van der Waals surface area contributed by atoms with Gasteiger partial charge in [-0.3, -0.25) is 0 Å². The van der Waals surface area contributed by atoms with Gasteiger partial charge in [0, 0.05) is 24.6 Å². The molecule has 2 saturated carbocycles. The lowest BCUT2D eigenvalue weighted by Gasteiger charge is -2.37. The Bertz CT molecular complexity index is 271. The maximum atomic E-state index is 9.80. The fraction of sp³-hybridized carbons (Fsp3) is 1.00. The zero-order valence-electron chi connectivity index (χ0n) is 13.7. The van der Waals surface area contributed by atoms with Crippen molar-refractivity contribution >= 4 is 0 Å². The number of hydrogen-bond donors (Lipinski definition) is 2. The summed E-state index contributed by atoms with van der Waals surface area (Å²) < 4.78 is 0. The largest absolute Gasteiger partial charge is 0.396 e. The lowest BCUT2D eigenvalue weighted by atomic mass is 9.74. The molecule has 2 aliphatic carbocycles. The number of nitrogens with one attached hydrogen (secondary N) is 1. The minimum Gasteiger partial charge on any atom is -0.396 e. The quantitative estimate of drug-likeness (QED) is 0.743. The van der Waals surface area contributed by atoms with Crippen LogP contribution in [-0.2, 0) is 0 Å². The van der Waals surface area contributed by atoms with Crippen molar-refractivity contribution in [1.29, 1.82) is 0 Å². The maximum absolute atomic E-state index is 9.80. The van der Waals surface area contributed by atoms with Gasteiger partial charge in [-0.25, -0.2) is 0 Å². The van der Waals surface area contributed by atoms with Crippen LogP contribution in [0.25, 0.3) is 0 Å². The number of hydrogen-bond acceptors (Lipinski definition) is 2. The summed E-state index contributed by atoms with van der Waals surface area (Å²) in [7, 11) is 0. The molecule has 0 heterocycles. The van der Waals surface area contributed by atoms with Gasteiger partial charge in [0.1, 0.15) is 0 Å². The fourth-order valence-electron chi connectivity index (χ4n) is 4.25. The van der Waals surface area contributed by atoms with E-state index in [4.69, 9.17) is 0 Å². The summed E-state index contributed by atoms with van der Waals surface area (Å²) in [5, 5.41) is 13.6. The summed E-state index contributed by atoms with van der Waals surface area (Å²) in [5.41, 5.74) is 0.196. The van der Waals surface area contributed by atoms with Gasteiger partial charge in [-0.1, -0.05) is 46.0 Å². The normalized spacial score (nSPS) is 31.2. The van der Waals surface area contributed by atoms with E-state index in [1.165, 1.54) is 64.2 Å². The molecule has 0 radical (unpaired) electrons. The Kier molecular flexibility index (Phi) is 6.35. The molecule has 2 heteroatoms. The molecule has 0 saturated heterocycles. The Balaban J connectivity index is 1.78. The molecule has 0 aromatic carbocycles. The number of rotatable bonds is 5. The van der Waals surface area contributed by atoms with Gasteiger partial charge in [0.25, 0.3) is 0 Å². The Morgan fingerprint density at radius 3 is 2.40 bits per heavy atom. The van der Waals surface area contributed by atoms with Crippen LogP contribution in [0.2, 0.25) is 0 Å². The third-order valence-electron chi connectivity index (χ3n) is 5.97.